The summed E-state index contributed by atoms with van der Waals surface area (Å²) in [6.07, 6.45) is 0. The van der Waals surface area contributed by atoms with Gasteiger partial charge in [-0.05, 0) is 99.5 Å². The molecular weight excluding hydrogens is 288 g/mol. The van der Waals surface area contributed by atoms with Crippen LogP contribution in [0.5, 0.6) is 0 Å². The molecule has 0 atom stereocenters. The van der Waals surface area contributed by atoms with Gasteiger partial charge in [0.15, 0.2) is 0 Å². The van der Waals surface area contributed by atoms with E-state index in [4.69, 9.17) is 0 Å². The molecule has 0 aromatic heterocycles. The number of fused-ring (bicyclic) bond motifs is 1. The molecule has 0 bridgehead atoms. The average Bonchev–Trinajstić information content (AvgIpc) is 2.50. The molecule has 0 aliphatic carbocycles. The Morgan fingerprint density at radius 1 is 0.458 bits per heavy atom. The van der Waals surface area contributed by atoms with Gasteiger partial charge in [0.2, 0.25) is 0 Å². The average molecular weight is 319 g/mol. The fraction of sp³-hybridized carbons (Fsp3) is 0.333. The minimum absolute atomic E-state index is 1.33. The van der Waals surface area contributed by atoms with E-state index in [9.17, 15) is 0 Å². The second-order valence-electron chi connectivity index (χ2n) is 7.19. The maximum absolute atomic E-state index is 2.28. The Labute approximate surface area is 147 Å². The van der Waals surface area contributed by atoms with Crippen LogP contribution in [0.3, 0.4) is 0 Å². The van der Waals surface area contributed by atoms with E-state index in [1.165, 1.54) is 55.3 Å². The van der Waals surface area contributed by atoms with Crippen LogP contribution in [0.2, 0.25) is 0 Å². The van der Waals surface area contributed by atoms with Gasteiger partial charge in [-0.3, -0.25) is 0 Å². The van der Waals surface area contributed by atoms with Crippen molar-refractivity contribution in [1.82, 2.24) is 0 Å². The third kappa shape index (κ3) is 3.87. The van der Waals surface area contributed by atoms with Gasteiger partial charge in [0, 0.05) is 0 Å². The first-order valence-corrected chi connectivity index (χ1v) is 8.72. The smallest absolute Gasteiger partial charge is 0.0152 e. The third-order valence-electron chi connectivity index (χ3n) is 5.21. The molecule has 0 nitrogen and oxygen atoms in total. The number of hydrogen-bond donors (Lipinski definition) is 0. The van der Waals surface area contributed by atoms with E-state index in [0.717, 1.165) is 0 Å². The first kappa shape index (κ1) is 18.3. The van der Waals surface area contributed by atoms with Gasteiger partial charge in [-0.1, -0.05) is 47.5 Å². The van der Waals surface area contributed by atoms with E-state index in [2.05, 4.69) is 91.8 Å². The summed E-state index contributed by atoms with van der Waals surface area (Å²) in [7, 11) is 0. The van der Waals surface area contributed by atoms with Crippen molar-refractivity contribution in [3.8, 4) is 0 Å². The zero-order valence-corrected chi connectivity index (χ0v) is 16.5. The van der Waals surface area contributed by atoms with E-state index in [1.54, 1.807) is 0 Å². The van der Waals surface area contributed by atoms with Gasteiger partial charge in [0.05, 0.1) is 0 Å². The van der Waals surface area contributed by atoms with Crippen LogP contribution in [-0.4, -0.2) is 0 Å². The third-order valence-corrected chi connectivity index (χ3v) is 5.21. The summed E-state index contributed by atoms with van der Waals surface area (Å²) in [6, 6.07) is 13.4. The van der Waals surface area contributed by atoms with Crippen molar-refractivity contribution < 1.29 is 0 Å². The molecule has 0 heteroatoms. The zero-order chi connectivity index (χ0) is 18.0. The fourth-order valence-electron chi connectivity index (χ4n) is 3.23. The van der Waals surface area contributed by atoms with Crippen molar-refractivity contribution in [3.05, 3.63) is 80.9 Å². The first-order chi connectivity index (χ1) is 11.2. The zero-order valence-electron chi connectivity index (χ0n) is 16.5. The van der Waals surface area contributed by atoms with Gasteiger partial charge in [0.25, 0.3) is 0 Å². The topological polar surface area (TPSA) is 0 Å². The van der Waals surface area contributed by atoms with Crippen molar-refractivity contribution in [2.24, 2.45) is 0 Å². The summed E-state index contributed by atoms with van der Waals surface area (Å²) < 4.78 is 0. The van der Waals surface area contributed by atoms with E-state index < -0.39 is 0 Å². The molecule has 0 aliphatic heterocycles. The highest BCUT2D eigenvalue weighted by Gasteiger charge is 2.03. The monoisotopic (exact) mass is 318 g/mol. The van der Waals surface area contributed by atoms with Crippen LogP contribution in [0.25, 0.3) is 10.8 Å². The van der Waals surface area contributed by atoms with Crippen molar-refractivity contribution in [2.75, 3.05) is 0 Å². The van der Waals surface area contributed by atoms with E-state index in [0.29, 0.717) is 0 Å². The largest absolute Gasteiger partial charge is 0.0587 e. The highest BCUT2D eigenvalue weighted by molar-refractivity contribution is 5.88. The number of hydrogen-bond acceptors (Lipinski definition) is 0. The minimum atomic E-state index is 1.33. The van der Waals surface area contributed by atoms with Crippen LogP contribution in [0.4, 0.5) is 0 Å². The standard InChI is InChI=1S/C14H16.C10H14/c1-9-5-6-14-12(4)11(3)10(2)8-13(14)7-9;1-7-5-8(2)10(4)9(3)6-7/h5-8H,1-4H3;5-6H,1-4H3. The van der Waals surface area contributed by atoms with Gasteiger partial charge in [-0.25, -0.2) is 0 Å². The summed E-state index contributed by atoms with van der Waals surface area (Å²) in [4.78, 5) is 0. The summed E-state index contributed by atoms with van der Waals surface area (Å²) in [5, 5.41) is 2.75. The van der Waals surface area contributed by atoms with Crippen LogP contribution in [-0.2, 0) is 0 Å². The van der Waals surface area contributed by atoms with Crippen molar-refractivity contribution in [2.45, 2.75) is 55.4 Å². The highest BCUT2D eigenvalue weighted by Crippen LogP contribution is 2.25. The molecule has 0 fully saturated rings. The second-order valence-corrected chi connectivity index (χ2v) is 7.19. The van der Waals surface area contributed by atoms with Crippen LogP contribution >= 0.6 is 0 Å². The number of rotatable bonds is 0. The van der Waals surface area contributed by atoms with Crippen LogP contribution in [0.1, 0.15) is 44.5 Å². The summed E-state index contributed by atoms with van der Waals surface area (Å²) in [5.74, 6) is 0. The quantitative estimate of drug-likeness (QED) is 0.419. The predicted octanol–water partition coefficient (Wildman–Crippen LogP) is 6.99. The Balaban J connectivity index is 0.000000185. The fourth-order valence-corrected chi connectivity index (χ4v) is 3.23. The molecule has 0 saturated carbocycles. The van der Waals surface area contributed by atoms with Crippen molar-refractivity contribution >= 4 is 10.8 Å². The van der Waals surface area contributed by atoms with Crippen molar-refractivity contribution in [3.63, 3.8) is 0 Å². The molecule has 0 aliphatic rings. The Hall–Kier alpha value is -2.08. The molecule has 0 spiro atoms. The Morgan fingerprint density at radius 2 is 1.00 bits per heavy atom. The Morgan fingerprint density at radius 3 is 1.58 bits per heavy atom. The molecule has 3 rings (SSSR count). The normalized spacial score (nSPS) is 10.5. The molecule has 24 heavy (non-hydrogen) atoms. The second kappa shape index (κ2) is 7.21. The molecule has 0 heterocycles. The van der Waals surface area contributed by atoms with Gasteiger partial charge in [-0.15, -0.1) is 0 Å². The van der Waals surface area contributed by atoms with Gasteiger partial charge in [0.1, 0.15) is 0 Å². The maximum atomic E-state index is 2.28. The Bertz CT molecular complexity index is 859. The maximum Gasteiger partial charge on any atom is -0.0152 e. The number of benzene rings is 3. The van der Waals surface area contributed by atoms with Crippen LogP contribution in [0, 0.1) is 55.4 Å². The lowest BCUT2D eigenvalue weighted by Gasteiger charge is -2.09. The van der Waals surface area contributed by atoms with Gasteiger partial charge in [-0.2, -0.15) is 0 Å². The van der Waals surface area contributed by atoms with Crippen LogP contribution in [0.15, 0.2) is 36.4 Å². The molecule has 0 amide bonds. The highest BCUT2D eigenvalue weighted by atomic mass is 14.1. The minimum Gasteiger partial charge on any atom is -0.0587 e. The van der Waals surface area contributed by atoms with Crippen molar-refractivity contribution in [1.29, 1.82) is 0 Å². The molecule has 3 aromatic carbocycles. The lowest BCUT2D eigenvalue weighted by atomic mass is 9.96. The van der Waals surface area contributed by atoms with Crippen LogP contribution < -0.4 is 0 Å². The summed E-state index contributed by atoms with van der Waals surface area (Å²) in [5.41, 5.74) is 11.1. The molecule has 126 valence electrons. The van der Waals surface area contributed by atoms with Gasteiger partial charge >= 0.3 is 0 Å². The summed E-state index contributed by atoms with van der Waals surface area (Å²) >= 11 is 0. The Kier molecular flexibility index (Phi) is 5.49. The van der Waals surface area contributed by atoms with E-state index >= 15 is 0 Å². The number of aryl methyl sites for hydroxylation is 6. The lowest BCUT2D eigenvalue weighted by molar-refractivity contribution is 1.23. The first-order valence-electron chi connectivity index (χ1n) is 8.72. The molecule has 0 unspecified atom stereocenters. The lowest BCUT2D eigenvalue weighted by Crippen LogP contribution is -1.89. The van der Waals surface area contributed by atoms with E-state index in [1.807, 2.05) is 0 Å². The predicted molar refractivity (Wildman–Crippen MR) is 108 cm³/mol. The summed E-state index contributed by atoms with van der Waals surface area (Å²) in [6.45, 7) is 17.4. The SMILES string of the molecule is Cc1cc(C)c(C)c(C)c1.Cc1ccc2c(C)c(C)c(C)cc2c1. The van der Waals surface area contributed by atoms with E-state index in [-0.39, 0.29) is 0 Å². The molecule has 0 N–H and O–H groups in total. The molecule has 0 saturated heterocycles. The van der Waals surface area contributed by atoms with Gasteiger partial charge < -0.3 is 0 Å². The molecule has 3 aromatic rings. The molecule has 0 radical (unpaired) electrons. The molecular formula is C24H30.